The lowest BCUT2D eigenvalue weighted by atomic mass is 9.95. The molecule has 0 saturated carbocycles. The first-order valence-corrected chi connectivity index (χ1v) is 10.2. The van der Waals surface area contributed by atoms with Gasteiger partial charge >= 0.3 is 0 Å². The predicted octanol–water partition coefficient (Wildman–Crippen LogP) is 2.78. The van der Waals surface area contributed by atoms with Crippen LogP contribution >= 0.6 is 0 Å². The van der Waals surface area contributed by atoms with Gasteiger partial charge in [0.25, 0.3) is 5.91 Å². The lowest BCUT2D eigenvalue weighted by molar-refractivity contribution is -0.138. The number of aromatic nitrogens is 2. The standard InChI is InChI=1S/C22H27FN4O2/c1-15(29-19-5-3-18(23)4-6-19)22(28)27-12-9-20-17(14-27)13-24-21(25-20)16-7-10-26(2)11-8-16/h3-6,13,15-16H,7-12,14H2,1-2H3. The van der Waals surface area contributed by atoms with Crippen LogP contribution in [0.25, 0.3) is 0 Å². The summed E-state index contributed by atoms with van der Waals surface area (Å²) in [5.41, 5.74) is 2.07. The van der Waals surface area contributed by atoms with Gasteiger partial charge < -0.3 is 14.5 Å². The van der Waals surface area contributed by atoms with Crippen LogP contribution in [0.1, 0.15) is 42.8 Å². The molecule has 6 nitrogen and oxygen atoms in total. The highest BCUT2D eigenvalue weighted by molar-refractivity contribution is 5.81. The Morgan fingerprint density at radius 1 is 1.21 bits per heavy atom. The first-order chi connectivity index (χ1) is 14.0. The number of benzene rings is 1. The summed E-state index contributed by atoms with van der Waals surface area (Å²) >= 11 is 0. The molecule has 1 aromatic heterocycles. The van der Waals surface area contributed by atoms with Gasteiger partial charge in [-0.25, -0.2) is 14.4 Å². The predicted molar refractivity (Wildman–Crippen MR) is 107 cm³/mol. The number of nitrogens with zero attached hydrogens (tertiary/aromatic N) is 4. The van der Waals surface area contributed by atoms with Crippen LogP contribution in [0, 0.1) is 5.82 Å². The van der Waals surface area contributed by atoms with Crippen LogP contribution < -0.4 is 4.74 Å². The molecule has 2 aliphatic rings. The fraction of sp³-hybridized carbons (Fsp3) is 0.500. The number of carbonyl (C=O) groups is 1. The summed E-state index contributed by atoms with van der Waals surface area (Å²) in [4.78, 5) is 26.4. The number of fused-ring (bicyclic) bond motifs is 1. The van der Waals surface area contributed by atoms with E-state index in [1.54, 1.807) is 11.8 Å². The van der Waals surface area contributed by atoms with Crippen molar-refractivity contribution in [2.45, 2.75) is 44.8 Å². The molecule has 4 rings (SSSR count). The van der Waals surface area contributed by atoms with Crippen molar-refractivity contribution in [3.63, 3.8) is 0 Å². The van der Waals surface area contributed by atoms with Gasteiger partial charge in [-0.15, -0.1) is 0 Å². The highest BCUT2D eigenvalue weighted by Gasteiger charge is 2.28. The third-order valence-corrected chi connectivity index (χ3v) is 5.82. The fourth-order valence-electron chi connectivity index (χ4n) is 4.01. The van der Waals surface area contributed by atoms with Gasteiger partial charge in [0.05, 0.1) is 5.69 Å². The van der Waals surface area contributed by atoms with E-state index < -0.39 is 6.10 Å². The minimum absolute atomic E-state index is 0.0839. The molecule has 0 N–H and O–H groups in total. The number of ether oxygens (including phenoxy) is 1. The quantitative estimate of drug-likeness (QED) is 0.793. The molecule has 1 fully saturated rings. The van der Waals surface area contributed by atoms with Gasteiger partial charge in [0.15, 0.2) is 6.10 Å². The van der Waals surface area contributed by atoms with E-state index in [0.717, 1.165) is 49.4 Å². The zero-order chi connectivity index (χ0) is 20.4. The van der Waals surface area contributed by atoms with Gasteiger partial charge in [-0.3, -0.25) is 4.79 Å². The van der Waals surface area contributed by atoms with Crippen LogP contribution in [-0.2, 0) is 17.8 Å². The molecule has 1 amide bonds. The third kappa shape index (κ3) is 4.56. The number of hydrogen-bond acceptors (Lipinski definition) is 5. The Labute approximate surface area is 170 Å². The molecule has 2 aromatic rings. The van der Waals surface area contributed by atoms with Crippen molar-refractivity contribution < 1.29 is 13.9 Å². The number of likely N-dealkylation sites (tertiary alicyclic amines) is 1. The summed E-state index contributed by atoms with van der Waals surface area (Å²) in [6.45, 7) is 5.01. The lowest BCUT2D eigenvalue weighted by Gasteiger charge is -2.31. The molecule has 1 aromatic carbocycles. The zero-order valence-corrected chi connectivity index (χ0v) is 17.0. The average Bonchev–Trinajstić information content (AvgIpc) is 2.74. The molecule has 7 heteroatoms. The second-order valence-electron chi connectivity index (χ2n) is 8.00. The van der Waals surface area contributed by atoms with Crippen molar-refractivity contribution >= 4 is 5.91 Å². The maximum atomic E-state index is 13.0. The van der Waals surface area contributed by atoms with E-state index >= 15 is 0 Å². The Morgan fingerprint density at radius 3 is 2.66 bits per heavy atom. The molecule has 0 aliphatic carbocycles. The number of carbonyl (C=O) groups excluding carboxylic acids is 1. The number of hydrogen-bond donors (Lipinski definition) is 0. The highest BCUT2D eigenvalue weighted by Crippen LogP contribution is 2.27. The van der Waals surface area contributed by atoms with Gasteiger partial charge in [-0.1, -0.05) is 0 Å². The van der Waals surface area contributed by atoms with Gasteiger partial charge in [-0.05, 0) is 64.2 Å². The first-order valence-electron chi connectivity index (χ1n) is 10.2. The van der Waals surface area contributed by atoms with Gasteiger partial charge in [0.1, 0.15) is 17.4 Å². The van der Waals surface area contributed by atoms with Crippen LogP contribution in [0.4, 0.5) is 4.39 Å². The van der Waals surface area contributed by atoms with Gasteiger partial charge in [-0.2, -0.15) is 0 Å². The van der Waals surface area contributed by atoms with Crippen molar-refractivity contribution in [1.82, 2.24) is 19.8 Å². The zero-order valence-electron chi connectivity index (χ0n) is 17.0. The molecular weight excluding hydrogens is 371 g/mol. The maximum absolute atomic E-state index is 13.0. The largest absolute Gasteiger partial charge is 0.481 e. The minimum atomic E-state index is -0.638. The van der Waals surface area contributed by atoms with E-state index in [4.69, 9.17) is 9.72 Å². The number of rotatable bonds is 4. The van der Waals surface area contributed by atoms with E-state index in [1.807, 2.05) is 6.20 Å². The smallest absolute Gasteiger partial charge is 0.263 e. The number of amides is 1. The summed E-state index contributed by atoms with van der Waals surface area (Å²) < 4.78 is 18.7. The monoisotopic (exact) mass is 398 g/mol. The maximum Gasteiger partial charge on any atom is 0.263 e. The first kappa shape index (κ1) is 19.8. The summed E-state index contributed by atoms with van der Waals surface area (Å²) in [6.07, 6.45) is 4.17. The Hall–Kier alpha value is -2.54. The fourth-order valence-corrected chi connectivity index (χ4v) is 4.01. The van der Waals surface area contributed by atoms with Crippen LogP contribution in [0.3, 0.4) is 0 Å². The minimum Gasteiger partial charge on any atom is -0.481 e. The van der Waals surface area contributed by atoms with E-state index in [2.05, 4.69) is 16.9 Å². The lowest BCUT2D eigenvalue weighted by Crippen LogP contribution is -2.43. The molecule has 2 aliphatic heterocycles. The second kappa shape index (κ2) is 8.45. The molecule has 0 spiro atoms. The molecule has 1 unspecified atom stereocenters. The summed E-state index contributed by atoms with van der Waals surface area (Å²) in [6, 6.07) is 5.71. The highest BCUT2D eigenvalue weighted by atomic mass is 19.1. The van der Waals surface area contributed by atoms with Crippen molar-refractivity contribution in [2.24, 2.45) is 0 Å². The Morgan fingerprint density at radius 2 is 1.93 bits per heavy atom. The van der Waals surface area contributed by atoms with E-state index in [0.29, 0.717) is 24.8 Å². The van der Waals surface area contributed by atoms with Crippen molar-refractivity contribution in [2.75, 3.05) is 26.7 Å². The van der Waals surface area contributed by atoms with Crippen LogP contribution in [0.15, 0.2) is 30.5 Å². The van der Waals surface area contributed by atoms with Crippen molar-refractivity contribution in [3.05, 3.63) is 53.4 Å². The third-order valence-electron chi connectivity index (χ3n) is 5.82. The van der Waals surface area contributed by atoms with Crippen LogP contribution in [-0.4, -0.2) is 58.5 Å². The molecule has 0 radical (unpaired) electrons. The van der Waals surface area contributed by atoms with E-state index in [9.17, 15) is 9.18 Å². The molecule has 154 valence electrons. The molecular formula is C22H27FN4O2. The Balaban J connectivity index is 1.39. The van der Waals surface area contributed by atoms with Crippen LogP contribution in [0.5, 0.6) is 5.75 Å². The van der Waals surface area contributed by atoms with Gasteiger partial charge in [0.2, 0.25) is 0 Å². The molecule has 1 saturated heterocycles. The van der Waals surface area contributed by atoms with Gasteiger partial charge in [0, 0.05) is 37.2 Å². The number of piperidine rings is 1. The average molecular weight is 398 g/mol. The van der Waals surface area contributed by atoms with Crippen molar-refractivity contribution in [3.8, 4) is 5.75 Å². The SMILES string of the molecule is CC(Oc1ccc(F)cc1)C(=O)N1CCc2nc(C3CCN(C)CC3)ncc2C1. The van der Waals surface area contributed by atoms with Crippen molar-refractivity contribution in [1.29, 1.82) is 0 Å². The summed E-state index contributed by atoms with van der Waals surface area (Å²) in [7, 11) is 2.15. The Bertz CT molecular complexity index is 866. The second-order valence-corrected chi connectivity index (χ2v) is 8.00. The normalized spacial score (nSPS) is 18.9. The molecule has 0 bridgehead atoms. The molecule has 1 atom stereocenters. The molecule has 3 heterocycles. The summed E-state index contributed by atoms with van der Waals surface area (Å²) in [5, 5.41) is 0. The van der Waals surface area contributed by atoms with Crippen LogP contribution in [0.2, 0.25) is 0 Å². The molecule has 29 heavy (non-hydrogen) atoms. The van der Waals surface area contributed by atoms with E-state index in [-0.39, 0.29) is 11.7 Å². The Kier molecular flexibility index (Phi) is 5.76. The number of halogens is 1. The summed E-state index contributed by atoms with van der Waals surface area (Å²) in [5.74, 6) is 1.45. The van der Waals surface area contributed by atoms with E-state index in [1.165, 1.54) is 24.3 Å². The topological polar surface area (TPSA) is 58.6 Å².